The molecular weight excluding hydrogens is 583 g/mol. The van der Waals surface area contributed by atoms with E-state index in [9.17, 15) is 28.7 Å². The Morgan fingerprint density at radius 1 is 1.00 bits per heavy atom. The second-order valence-corrected chi connectivity index (χ2v) is 10.4. The number of aryl methyl sites for hydroxylation is 1. The largest absolute Gasteiger partial charge is 0.481 e. The van der Waals surface area contributed by atoms with Crippen LogP contribution in [0.4, 0.5) is 14.9 Å². The van der Waals surface area contributed by atoms with Gasteiger partial charge in [-0.1, -0.05) is 51.8 Å². The van der Waals surface area contributed by atoms with E-state index in [1.807, 2.05) is 13.0 Å². The van der Waals surface area contributed by atoms with Crippen LogP contribution in [0.2, 0.25) is 0 Å². The number of nitrogens with one attached hydrogen (secondary N) is 2. The molecule has 1 aliphatic rings. The van der Waals surface area contributed by atoms with E-state index in [1.54, 1.807) is 42.5 Å². The molecule has 0 bridgehead atoms. The molecule has 0 spiro atoms. The number of benzene rings is 3. The summed E-state index contributed by atoms with van der Waals surface area (Å²) in [7, 11) is 0. The smallest absolute Gasteiger partial charge is 0.323 e. The zero-order valence-corrected chi connectivity index (χ0v) is 23.2. The number of hydrogen-bond acceptors (Lipinski definition) is 4. The lowest BCUT2D eigenvalue weighted by molar-refractivity contribution is -0.138. The molecule has 3 aromatic rings. The molecule has 4 rings (SSSR count). The summed E-state index contributed by atoms with van der Waals surface area (Å²) in [5.74, 6) is -2.93. The minimum absolute atomic E-state index is 0.147. The van der Waals surface area contributed by atoms with Gasteiger partial charge in [-0.15, -0.1) is 0 Å². The molecule has 40 heavy (non-hydrogen) atoms. The highest BCUT2D eigenvalue weighted by molar-refractivity contribution is 9.10. The second kappa shape index (κ2) is 12.7. The number of hydrogen-bond donors (Lipinski definition) is 3. The number of carbonyl (C=O) groups excluding carboxylic acids is 3. The summed E-state index contributed by atoms with van der Waals surface area (Å²) < 4.78 is 14.3. The lowest BCUT2D eigenvalue weighted by Gasteiger charge is -2.43. The summed E-state index contributed by atoms with van der Waals surface area (Å²) >= 11 is 3.36. The predicted octanol–water partition coefficient (Wildman–Crippen LogP) is 4.93. The number of carboxylic acids is 1. The Hall–Kier alpha value is -4.25. The van der Waals surface area contributed by atoms with E-state index in [4.69, 9.17) is 0 Å². The number of amides is 4. The summed E-state index contributed by atoms with van der Waals surface area (Å²) in [4.78, 5) is 55.1. The molecule has 11 heteroatoms. The highest BCUT2D eigenvalue weighted by Crippen LogP contribution is 2.24. The number of carboxylic acid groups (broad SMARTS) is 1. The van der Waals surface area contributed by atoms with Crippen LogP contribution in [0.15, 0.2) is 77.3 Å². The molecule has 2 unspecified atom stereocenters. The van der Waals surface area contributed by atoms with Gasteiger partial charge in [-0.2, -0.15) is 0 Å². The first kappa shape index (κ1) is 28.8. The third-order valence-electron chi connectivity index (χ3n) is 6.45. The van der Waals surface area contributed by atoms with Crippen LogP contribution in [-0.2, 0) is 9.59 Å². The van der Waals surface area contributed by atoms with Crippen molar-refractivity contribution >= 4 is 45.4 Å². The maximum Gasteiger partial charge on any atom is 0.323 e. The number of nitrogens with zero attached hydrogens (tertiary/aromatic N) is 2. The number of rotatable bonds is 7. The minimum atomic E-state index is -1.39. The van der Waals surface area contributed by atoms with Crippen molar-refractivity contribution in [3.8, 4) is 0 Å². The molecule has 0 radical (unpaired) electrons. The third kappa shape index (κ3) is 7.03. The van der Waals surface area contributed by atoms with Crippen molar-refractivity contribution < 1.29 is 28.7 Å². The van der Waals surface area contributed by atoms with E-state index in [0.29, 0.717) is 17.7 Å². The van der Waals surface area contributed by atoms with Crippen molar-refractivity contribution in [3.63, 3.8) is 0 Å². The first-order valence-electron chi connectivity index (χ1n) is 12.6. The van der Waals surface area contributed by atoms with E-state index >= 15 is 0 Å². The number of aliphatic carboxylic acids is 1. The van der Waals surface area contributed by atoms with Gasteiger partial charge in [0.05, 0.1) is 12.5 Å². The second-order valence-electron chi connectivity index (χ2n) is 9.44. The van der Waals surface area contributed by atoms with E-state index in [-0.39, 0.29) is 18.7 Å². The molecule has 4 amide bonds. The lowest BCUT2D eigenvalue weighted by atomic mass is 10.0. The zero-order valence-electron chi connectivity index (χ0n) is 21.6. The fraction of sp³-hybridized carbons (Fsp3) is 0.241. The summed E-state index contributed by atoms with van der Waals surface area (Å²) in [6, 6.07) is 17.4. The Morgan fingerprint density at radius 2 is 1.70 bits per heavy atom. The molecule has 1 saturated heterocycles. The normalized spacial score (nSPS) is 15.7. The van der Waals surface area contributed by atoms with E-state index in [0.717, 1.165) is 22.2 Å². The molecule has 0 saturated carbocycles. The van der Waals surface area contributed by atoms with Crippen molar-refractivity contribution in [1.82, 2.24) is 15.1 Å². The number of halogens is 2. The SMILES string of the molecule is Cc1cccc(C(CC(=O)O)NC(=O)C2N(C(=O)Nc3cccc(Br)c3)CCCN2C(=O)c2ccc(F)cc2)c1. The van der Waals surface area contributed by atoms with Gasteiger partial charge in [-0.3, -0.25) is 19.3 Å². The average molecular weight is 611 g/mol. The van der Waals surface area contributed by atoms with Gasteiger partial charge in [0.15, 0.2) is 6.17 Å². The van der Waals surface area contributed by atoms with Gasteiger partial charge in [-0.25, -0.2) is 9.18 Å². The van der Waals surface area contributed by atoms with Gasteiger partial charge < -0.3 is 20.6 Å². The standard InChI is InChI=1S/C29H28BrFN4O5/c1-18-5-2-6-20(15-18)24(17-25(36)37)33-26(38)27-34(28(39)19-9-11-22(31)12-10-19)13-4-14-35(27)29(40)32-23-8-3-7-21(30)16-23/h2-3,5-12,15-16,24,27H,4,13-14,17H2,1H3,(H,32,40)(H,33,38)(H,36,37). The maximum atomic E-state index is 13.9. The average Bonchev–Trinajstić information content (AvgIpc) is 2.92. The number of anilines is 1. The molecule has 1 aliphatic heterocycles. The Morgan fingerprint density at radius 3 is 2.38 bits per heavy atom. The monoisotopic (exact) mass is 610 g/mol. The first-order valence-corrected chi connectivity index (χ1v) is 13.4. The molecule has 1 heterocycles. The van der Waals surface area contributed by atoms with Gasteiger partial charge in [0, 0.05) is 28.8 Å². The van der Waals surface area contributed by atoms with Crippen molar-refractivity contribution in [2.75, 3.05) is 18.4 Å². The van der Waals surface area contributed by atoms with Crippen LogP contribution in [0.3, 0.4) is 0 Å². The predicted molar refractivity (Wildman–Crippen MR) is 150 cm³/mol. The van der Waals surface area contributed by atoms with E-state index in [2.05, 4.69) is 26.6 Å². The maximum absolute atomic E-state index is 13.9. The van der Waals surface area contributed by atoms with Gasteiger partial charge in [0.1, 0.15) is 5.82 Å². The minimum Gasteiger partial charge on any atom is -0.481 e. The fourth-order valence-corrected chi connectivity index (χ4v) is 5.01. The van der Waals surface area contributed by atoms with Crippen LogP contribution in [-0.4, -0.2) is 58.0 Å². The Bertz CT molecular complexity index is 1420. The van der Waals surface area contributed by atoms with Gasteiger partial charge in [0.25, 0.3) is 11.8 Å². The molecular formula is C29H28BrFN4O5. The van der Waals surface area contributed by atoms with Crippen LogP contribution in [0, 0.1) is 12.7 Å². The highest BCUT2D eigenvalue weighted by atomic mass is 79.9. The Kier molecular flexibility index (Phi) is 9.15. The summed E-state index contributed by atoms with van der Waals surface area (Å²) in [5, 5.41) is 15.1. The van der Waals surface area contributed by atoms with Crippen molar-refractivity contribution in [1.29, 1.82) is 0 Å². The van der Waals surface area contributed by atoms with Gasteiger partial charge >= 0.3 is 12.0 Å². The van der Waals surface area contributed by atoms with Crippen LogP contribution >= 0.6 is 15.9 Å². The Labute approximate surface area is 239 Å². The van der Waals surface area contributed by atoms with Crippen LogP contribution in [0.1, 0.15) is 40.4 Å². The van der Waals surface area contributed by atoms with Crippen LogP contribution in [0.25, 0.3) is 0 Å². The molecule has 0 aliphatic carbocycles. The first-order chi connectivity index (χ1) is 19.1. The number of urea groups is 1. The van der Waals surface area contributed by atoms with Crippen LogP contribution < -0.4 is 10.6 Å². The van der Waals surface area contributed by atoms with Crippen LogP contribution in [0.5, 0.6) is 0 Å². The Balaban J connectivity index is 1.68. The number of carbonyl (C=O) groups is 4. The fourth-order valence-electron chi connectivity index (χ4n) is 4.61. The van der Waals surface area contributed by atoms with E-state index < -0.39 is 48.3 Å². The highest BCUT2D eigenvalue weighted by Gasteiger charge is 2.41. The molecule has 0 aromatic heterocycles. The molecule has 1 fully saturated rings. The third-order valence-corrected chi connectivity index (χ3v) is 6.94. The molecule has 208 valence electrons. The molecule has 2 atom stereocenters. The molecule has 9 nitrogen and oxygen atoms in total. The molecule has 3 N–H and O–H groups in total. The summed E-state index contributed by atoms with van der Waals surface area (Å²) in [6.45, 7) is 2.17. The van der Waals surface area contributed by atoms with Gasteiger partial charge in [0.2, 0.25) is 0 Å². The van der Waals surface area contributed by atoms with E-state index in [1.165, 1.54) is 21.9 Å². The molecule has 3 aromatic carbocycles. The lowest BCUT2D eigenvalue weighted by Crippen LogP contribution is -2.64. The summed E-state index contributed by atoms with van der Waals surface area (Å²) in [5.41, 5.74) is 2.08. The summed E-state index contributed by atoms with van der Waals surface area (Å²) in [6.07, 6.45) is -1.41. The quantitative estimate of drug-likeness (QED) is 0.350. The van der Waals surface area contributed by atoms with Crippen molar-refractivity contribution in [2.24, 2.45) is 0 Å². The van der Waals surface area contributed by atoms with Crippen molar-refractivity contribution in [3.05, 3.63) is 99.8 Å². The van der Waals surface area contributed by atoms with Crippen molar-refractivity contribution in [2.45, 2.75) is 32.0 Å². The topological polar surface area (TPSA) is 119 Å². The van der Waals surface area contributed by atoms with Gasteiger partial charge in [-0.05, 0) is 61.4 Å². The zero-order chi connectivity index (χ0) is 28.8.